The summed E-state index contributed by atoms with van der Waals surface area (Å²) in [5, 5.41) is 11.1. The van der Waals surface area contributed by atoms with Crippen LogP contribution in [0.2, 0.25) is 0 Å². The van der Waals surface area contributed by atoms with Crippen LogP contribution in [-0.4, -0.2) is 22.3 Å². The lowest BCUT2D eigenvalue weighted by molar-refractivity contribution is -0.156. The molecule has 3 heteroatoms. The van der Waals surface area contributed by atoms with Crippen molar-refractivity contribution in [1.82, 2.24) is 0 Å². The lowest BCUT2D eigenvalue weighted by atomic mass is 9.48. The third-order valence-corrected chi connectivity index (χ3v) is 8.25. The van der Waals surface area contributed by atoms with Gasteiger partial charge in [0.2, 0.25) is 0 Å². The Labute approximate surface area is 144 Å². The predicted octanol–water partition coefficient (Wildman–Crippen LogP) is 3.61. The van der Waals surface area contributed by atoms with Gasteiger partial charge in [-0.05, 0) is 73.8 Å². The number of ketones is 2. The van der Waals surface area contributed by atoms with Gasteiger partial charge in [-0.15, -0.1) is 0 Å². The Morgan fingerprint density at radius 2 is 1.88 bits per heavy atom. The number of carbonyl (C=O) groups excluding carboxylic acids is 2. The van der Waals surface area contributed by atoms with Crippen molar-refractivity contribution >= 4 is 11.6 Å². The van der Waals surface area contributed by atoms with E-state index in [2.05, 4.69) is 26.0 Å². The van der Waals surface area contributed by atoms with Crippen molar-refractivity contribution < 1.29 is 14.7 Å². The number of allylic oxidation sites excluding steroid dienone is 4. The highest BCUT2D eigenvalue weighted by molar-refractivity contribution is 5.92. The molecule has 4 aliphatic rings. The molecule has 0 spiro atoms. The Morgan fingerprint density at radius 3 is 2.58 bits per heavy atom. The zero-order valence-corrected chi connectivity index (χ0v) is 15.0. The quantitative estimate of drug-likeness (QED) is 0.800. The largest absolute Gasteiger partial charge is 0.382 e. The summed E-state index contributed by atoms with van der Waals surface area (Å²) >= 11 is 0. The van der Waals surface area contributed by atoms with Gasteiger partial charge in [0.1, 0.15) is 5.60 Å². The van der Waals surface area contributed by atoms with E-state index in [1.54, 1.807) is 6.92 Å². The van der Waals surface area contributed by atoms with Gasteiger partial charge >= 0.3 is 0 Å². The Bertz CT molecular complexity index is 675. The van der Waals surface area contributed by atoms with Crippen LogP contribution in [0.3, 0.4) is 0 Å². The number of Topliss-reactive ketones (excluding diaryl/α,β-unsaturated/α-hetero) is 1. The van der Waals surface area contributed by atoms with Crippen LogP contribution in [-0.2, 0) is 9.59 Å². The van der Waals surface area contributed by atoms with Crippen molar-refractivity contribution in [2.45, 2.75) is 64.9 Å². The molecule has 0 amide bonds. The molecule has 0 saturated heterocycles. The normalized spacial score (nSPS) is 49.9. The maximum Gasteiger partial charge on any atom is 0.161 e. The number of carbonyl (C=O) groups is 2. The third kappa shape index (κ3) is 1.82. The molecule has 3 nitrogen and oxygen atoms in total. The minimum Gasteiger partial charge on any atom is -0.382 e. The van der Waals surface area contributed by atoms with Gasteiger partial charge < -0.3 is 5.11 Å². The monoisotopic (exact) mass is 328 g/mol. The van der Waals surface area contributed by atoms with Crippen molar-refractivity contribution in [3.8, 4) is 0 Å². The zero-order valence-electron chi connectivity index (χ0n) is 15.0. The highest BCUT2D eigenvalue weighted by Crippen LogP contribution is 2.66. The van der Waals surface area contributed by atoms with Crippen LogP contribution in [0.15, 0.2) is 23.8 Å². The molecule has 0 aromatic carbocycles. The molecule has 6 atom stereocenters. The van der Waals surface area contributed by atoms with Gasteiger partial charge in [0.25, 0.3) is 0 Å². The van der Waals surface area contributed by atoms with Gasteiger partial charge in [-0.3, -0.25) is 9.59 Å². The molecular formula is C21H28O3. The van der Waals surface area contributed by atoms with Gasteiger partial charge in [-0.25, -0.2) is 0 Å². The average Bonchev–Trinajstić information content (AvgIpc) is 2.81. The van der Waals surface area contributed by atoms with E-state index >= 15 is 0 Å². The molecule has 0 bridgehead atoms. The highest BCUT2D eigenvalue weighted by atomic mass is 16.3. The summed E-state index contributed by atoms with van der Waals surface area (Å²) < 4.78 is 0. The number of hydrogen-bond acceptors (Lipinski definition) is 3. The van der Waals surface area contributed by atoms with E-state index in [1.165, 1.54) is 5.57 Å². The number of hydrogen-bond donors (Lipinski definition) is 1. The Morgan fingerprint density at radius 1 is 1.17 bits per heavy atom. The molecular weight excluding hydrogens is 300 g/mol. The van der Waals surface area contributed by atoms with E-state index < -0.39 is 5.60 Å². The van der Waals surface area contributed by atoms with Crippen LogP contribution in [0, 0.1) is 28.6 Å². The summed E-state index contributed by atoms with van der Waals surface area (Å²) in [6, 6.07) is 0. The van der Waals surface area contributed by atoms with Gasteiger partial charge in [0.15, 0.2) is 11.6 Å². The Hall–Kier alpha value is -1.22. The van der Waals surface area contributed by atoms with Crippen LogP contribution >= 0.6 is 0 Å². The minimum atomic E-state index is -1.16. The molecule has 24 heavy (non-hydrogen) atoms. The molecule has 0 aliphatic heterocycles. The van der Waals surface area contributed by atoms with Gasteiger partial charge in [-0.2, -0.15) is 0 Å². The van der Waals surface area contributed by atoms with Crippen molar-refractivity contribution in [3.63, 3.8) is 0 Å². The molecule has 0 aromatic rings. The number of fused-ring (bicyclic) bond motifs is 5. The third-order valence-electron chi connectivity index (χ3n) is 8.25. The Balaban J connectivity index is 1.75. The van der Waals surface area contributed by atoms with Crippen molar-refractivity contribution in [2.24, 2.45) is 28.6 Å². The Kier molecular flexibility index (Phi) is 3.32. The zero-order chi connectivity index (χ0) is 17.3. The van der Waals surface area contributed by atoms with Gasteiger partial charge in [0, 0.05) is 11.8 Å². The summed E-state index contributed by atoms with van der Waals surface area (Å²) in [7, 11) is 0. The molecule has 0 aromatic heterocycles. The first-order chi connectivity index (χ1) is 11.2. The predicted molar refractivity (Wildman–Crippen MR) is 92.2 cm³/mol. The summed E-state index contributed by atoms with van der Waals surface area (Å²) in [6.45, 7) is 6.00. The van der Waals surface area contributed by atoms with Crippen LogP contribution in [0.1, 0.15) is 59.3 Å². The summed E-state index contributed by atoms with van der Waals surface area (Å²) in [5.41, 5.74) is -0.197. The van der Waals surface area contributed by atoms with Crippen LogP contribution in [0.25, 0.3) is 0 Å². The van der Waals surface area contributed by atoms with Crippen molar-refractivity contribution in [2.75, 3.05) is 0 Å². The maximum atomic E-state index is 12.2. The average molecular weight is 328 g/mol. The standard InChI is InChI=1S/C21H28O3/c1-13(22)21(24)11-8-18-16-5-4-14-12-15(23)6-9-19(14,2)17(16)7-10-20(18,21)3/h4-5,12,16-18,24H,6-11H2,1-3H3. The molecule has 2 saturated carbocycles. The smallest absolute Gasteiger partial charge is 0.161 e. The number of rotatable bonds is 1. The van der Waals surface area contributed by atoms with Crippen LogP contribution < -0.4 is 0 Å². The van der Waals surface area contributed by atoms with E-state index in [1.807, 2.05) is 6.08 Å². The molecule has 1 N–H and O–H groups in total. The summed E-state index contributed by atoms with van der Waals surface area (Å²) in [6.07, 6.45) is 11.3. The van der Waals surface area contributed by atoms with Crippen molar-refractivity contribution in [1.29, 1.82) is 0 Å². The summed E-state index contributed by atoms with van der Waals surface area (Å²) in [4.78, 5) is 24.0. The first kappa shape index (κ1) is 16.3. The maximum absolute atomic E-state index is 12.2. The van der Waals surface area contributed by atoms with Gasteiger partial charge in [-0.1, -0.05) is 26.0 Å². The fraction of sp³-hybridized carbons (Fsp3) is 0.714. The van der Waals surface area contributed by atoms with Gasteiger partial charge in [0.05, 0.1) is 0 Å². The minimum absolute atomic E-state index is 0.0687. The number of aliphatic hydroxyl groups is 1. The second-order valence-corrected chi connectivity index (χ2v) is 9.04. The SMILES string of the molecule is CC(=O)C1(O)CCC2C3C=CC4=CC(=O)CCC4(C)C3CCC21C. The fourth-order valence-corrected chi connectivity index (χ4v) is 6.59. The molecule has 2 fully saturated rings. The molecule has 130 valence electrons. The van der Waals surface area contributed by atoms with Crippen LogP contribution in [0.5, 0.6) is 0 Å². The first-order valence-corrected chi connectivity index (χ1v) is 9.39. The lowest BCUT2D eigenvalue weighted by Gasteiger charge is -2.56. The lowest BCUT2D eigenvalue weighted by Crippen LogP contribution is -2.56. The molecule has 4 aliphatic carbocycles. The van der Waals surface area contributed by atoms with E-state index in [9.17, 15) is 14.7 Å². The topological polar surface area (TPSA) is 54.4 Å². The van der Waals surface area contributed by atoms with E-state index in [4.69, 9.17) is 0 Å². The van der Waals surface area contributed by atoms with E-state index in [0.717, 1.165) is 25.7 Å². The molecule has 4 rings (SSSR count). The van der Waals surface area contributed by atoms with E-state index in [-0.39, 0.29) is 22.4 Å². The second-order valence-electron chi connectivity index (χ2n) is 9.04. The fourth-order valence-electron chi connectivity index (χ4n) is 6.59. The molecule has 0 radical (unpaired) electrons. The molecule has 0 heterocycles. The van der Waals surface area contributed by atoms with E-state index in [0.29, 0.717) is 30.6 Å². The molecule has 6 unspecified atom stereocenters. The van der Waals surface area contributed by atoms with Crippen molar-refractivity contribution in [3.05, 3.63) is 23.8 Å². The second kappa shape index (κ2) is 4.91. The van der Waals surface area contributed by atoms with Crippen LogP contribution in [0.4, 0.5) is 0 Å². The summed E-state index contributed by atoms with van der Waals surface area (Å²) in [5.74, 6) is 1.47. The first-order valence-electron chi connectivity index (χ1n) is 9.39. The highest BCUT2D eigenvalue weighted by Gasteiger charge is 2.64.